The molecule has 0 aromatic carbocycles. The lowest BCUT2D eigenvalue weighted by molar-refractivity contribution is 0.255. The van der Waals surface area contributed by atoms with Gasteiger partial charge in [0.1, 0.15) is 0 Å². The van der Waals surface area contributed by atoms with Gasteiger partial charge in [-0.2, -0.15) is 11.8 Å². The van der Waals surface area contributed by atoms with Crippen LogP contribution in [-0.2, 0) is 10.0 Å². The number of aliphatic imine (C=N–C) groups is 1. The summed E-state index contributed by atoms with van der Waals surface area (Å²) in [4.78, 5) is 9.40. The Morgan fingerprint density at radius 3 is 2.52 bits per heavy atom. The summed E-state index contributed by atoms with van der Waals surface area (Å²) in [5, 5.41) is 3.34. The molecule has 2 aliphatic heterocycles. The number of hydrogen-bond acceptors (Lipinski definition) is 5. The van der Waals surface area contributed by atoms with Crippen LogP contribution in [0.5, 0.6) is 0 Å². The Hall–Kier alpha value is -0.510. The zero-order valence-corrected chi connectivity index (χ0v) is 18.8. The summed E-state index contributed by atoms with van der Waals surface area (Å²) in [5.41, 5.74) is 0. The van der Waals surface area contributed by atoms with Gasteiger partial charge in [-0.15, -0.1) is 0 Å². The summed E-state index contributed by atoms with van der Waals surface area (Å²) in [6.07, 6.45) is 1.17. The van der Waals surface area contributed by atoms with Crippen molar-refractivity contribution >= 4 is 27.7 Å². The van der Waals surface area contributed by atoms with Crippen molar-refractivity contribution in [2.45, 2.75) is 27.2 Å². The van der Waals surface area contributed by atoms with E-state index >= 15 is 0 Å². The second-order valence-corrected chi connectivity index (χ2v) is 10.5. The van der Waals surface area contributed by atoms with Gasteiger partial charge in [0.25, 0.3) is 0 Å². The molecule has 7 nitrogen and oxygen atoms in total. The van der Waals surface area contributed by atoms with Crippen LogP contribution in [0.2, 0.25) is 0 Å². The van der Waals surface area contributed by atoms with E-state index in [1.807, 2.05) is 11.8 Å². The van der Waals surface area contributed by atoms with Crippen LogP contribution in [0.25, 0.3) is 0 Å². The fourth-order valence-corrected chi connectivity index (χ4v) is 6.12. The van der Waals surface area contributed by atoms with Crippen LogP contribution in [-0.4, -0.2) is 105 Å². The van der Waals surface area contributed by atoms with Gasteiger partial charge in [0, 0.05) is 50.8 Å². The van der Waals surface area contributed by atoms with Crippen LogP contribution < -0.4 is 5.32 Å². The van der Waals surface area contributed by atoms with Crippen molar-refractivity contribution in [1.29, 1.82) is 0 Å². The fraction of sp³-hybridized carbons (Fsp3) is 0.944. The van der Waals surface area contributed by atoms with Crippen molar-refractivity contribution in [1.82, 2.24) is 19.4 Å². The molecule has 0 spiro atoms. The molecule has 158 valence electrons. The first kappa shape index (κ1) is 22.8. The van der Waals surface area contributed by atoms with Crippen molar-refractivity contribution in [2.75, 3.05) is 76.2 Å². The molecule has 27 heavy (non-hydrogen) atoms. The highest BCUT2D eigenvalue weighted by Crippen LogP contribution is 2.18. The maximum absolute atomic E-state index is 12.5. The topological polar surface area (TPSA) is 68.2 Å². The van der Waals surface area contributed by atoms with E-state index in [4.69, 9.17) is 0 Å². The molecule has 1 N–H and O–H groups in total. The fourth-order valence-electron chi connectivity index (χ4n) is 3.67. The van der Waals surface area contributed by atoms with E-state index < -0.39 is 10.0 Å². The molecule has 0 radical (unpaired) electrons. The van der Waals surface area contributed by atoms with Crippen LogP contribution in [0.15, 0.2) is 4.99 Å². The summed E-state index contributed by atoms with van der Waals surface area (Å²) in [5.74, 6) is 3.41. The Bertz CT molecular complexity index is 560. The summed E-state index contributed by atoms with van der Waals surface area (Å²) in [7, 11) is -3.19. The molecular weight excluding hydrogens is 382 g/mol. The van der Waals surface area contributed by atoms with Crippen LogP contribution in [0.3, 0.4) is 0 Å². The van der Waals surface area contributed by atoms with Gasteiger partial charge in [0.05, 0.1) is 12.3 Å². The SMILES string of the molecule is CCNC(=NCCS(=O)(=O)N1CCSCC1)N1CCC(CN(CC)CC)C1. The van der Waals surface area contributed by atoms with Gasteiger partial charge in [-0.25, -0.2) is 12.7 Å². The van der Waals surface area contributed by atoms with Gasteiger partial charge in [-0.05, 0) is 32.4 Å². The third-order valence-corrected chi connectivity index (χ3v) is 8.10. The minimum atomic E-state index is -3.19. The first-order valence-electron chi connectivity index (χ1n) is 10.3. The van der Waals surface area contributed by atoms with E-state index in [2.05, 4.69) is 40.9 Å². The third kappa shape index (κ3) is 7.11. The maximum atomic E-state index is 12.5. The highest BCUT2D eigenvalue weighted by Gasteiger charge is 2.27. The molecule has 1 unspecified atom stereocenters. The Kier molecular flexibility index (Phi) is 9.69. The van der Waals surface area contributed by atoms with Crippen molar-refractivity contribution in [3.8, 4) is 0 Å². The van der Waals surface area contributed by atoms with E-state index in [0.29, 0.717) is 25.6 Å². The highest BCUT2D eigenvalue weighted by molar-refractivity contribution is 7.99. The zero-order valence-electron chi connectivity index (χ0n) is 17.2. The molecule has 0 aliphatic carbocycles. The van der Waals surface area contributed by atoms with Gasteiger partial charge < -0.3 is 15.1 Å². The number of sulfonamides is 1. The molecule has 0 saturated carbocycles. The molecule has 2 heterocycles. The van der Waals surface area contributed by atoms with Gasteiger partial charge in [-0.3, -0.25) is 4.99 Å². The van der Waals surface area contributed by atoms with Crippen molar-refractivity contribution in [3.05, 3.63) is 0 Å². The van der Waals surface area contributed by atoms with Crippen molar-refractivity contribution < 1.29 is 8.42 Å². The molecule has 2 fully saturated rings. The standard InChI is InChI=1S/C18H37N5O2S2/c1-4-19-18(22-9-7-17(16-22)15-21(5-2)6-3)20-8-14-27(24,25)23-10-12-26-13-11-23/h17H,4-16H2,1-3H3,(H,19,20). The van der Waals surface area contributed by atoms with Crippen LogP contribution >= 0.6 is 11.8 Å². The Morgan fingerprint density at radius 1 is 1.19 bits per heavy atom. The summed E-state index contributed by atoms with van der Waals surface area (Å²) < 4.78 is 26.6. The van der Waals surface area contributed by atoms with E-state index in [1.54, 1.807) is 4.31 Å². The predicted molar refractivity (Wildman–Crippen MR) is 116 cm³/mol. The second kappa shape index (κ2) is 11.5. The van der Waals surface area contributed by atoms with Crippen LogP contribution in [0.1, 0.15) is 27.2 Å². The first-order chi connectivity index (χ1) is 13.0. The number of nitrogens with zero attached hydrogens (tertiary/aromatic N) is 4. The minimum Gasteiger partial charge on any atom is -0.357 e. The van der Waals surface area contributed by atoms with E-state index in [9.17, 15) is 8.42 Å². The number of nitrogens with one attached hydrogen (secondary N) is 1. The maximum Gasteiger partial charge on any atom is 0.215 e. The monoisotopic (exact) mass is 419 g/mol. The molecule has 0 bridgehead atoms. The summed E-state index contributed by atoms with van der Waals surface area (Å²) in [6, 6.07) is 0. The van der Waals surface area contributed by atoms with Gasteiger partial charge >= 0.3 is 0 Å². The molecule has 0 aromatic rings. The van der Waals surface area contributed by atoms with E-state index in [0.717, 1.165) is 56.7 Å². The molecule has 9 heteroatoms. The highest BCUT2D eigenvalue weighted by atomic mass is 32.2. The van der Waals surface area contributed by atoms with Crippen LogP contribution in [0.4, 0.5) is 0 Å². The molecule has 0 aromatic heterocycles. The van der Waals surface area contributed by atoms with E-state index in [-0.39, 0.29) is 5.75 Å². The van der Waals surface area contributed by atoms with Crippen molar-refractivity contribution in [3.63, 3.8) is 0 Å². The Balaban J connectivity index is 1.88. The lowest BCUT2D eigenvalue weighted by atomic mass is 10.1. The summed E-state index contributed by atoms with van der Waals surface area (Å²) >= 11 is 1.82. The largest absolute Gasteiger partial charge is 0.357 e. The predicted octanol–water partition coefficient (Wildman–Crippen LogP) is 0.994. The zero-order chi connectivity index (χ0) is 19.7. The molecule has 2 saturated heterocycles. The number of rotatable bonds is 9. The third-order valence-electron chi connectivity index (χ3n) is 5.31. The van der Waals surface area contributed by atoms with Crippen LogP contribution in [0, 0.1) is 5.92 Å². The van der Waals surface area contributed by atoms with Gasteiger partial charge in [0.15, 0.2) is 5.96 Å². The number of guanidine groups is 1. The summed E-state index contributed by atoms with van der Waals surface area (Å²) in [6.45, 7) is 14.2. The number of thioether (sulfide) groups is 1. The number of hydrogen-bond donors (Lipinski definition) is 1. The second-order valence-electron chi connectivity index (χ2n) is 7.15. The van der Waals surface area contributed by atoms with Gasteiger partial charge in [-0.1, -0.05) is 13.8 Å². The van der Waals surface area contributed by atoms with Gasteiger partial charge in [0.2, 0.25) is 10.0 Å². The average Bonchev–Trinajstić information content (AvgIpc) is 3.14. The van der Waals surface area contributed by atoms with Crippen molar-refractivity contribution in [2.24, 2.45) is 10.9 Å². The lowest BCUT2D eigenvalue weighted by Crippen LogP contribution is -2.42. The lowest BCUT2D eigenvalue weighted by Gasteiger charge is -2.26. The quantitative estimate of drug-likeness (QED) is 0.444. The normalized spacial score (nSPS) is 22.6. The molecule has 1 atom stereocenters. The smallest absolute Gasteiger partial charge is 0.215 e. The average molecular weight is 420 g/mol. The number of likely N-dealkylation sites (tertiary alicyclic amines) is 1. The Labute approximate surface area is 170 Å². The molecule has 0 amide bonds. The molecule has 2 aliphatic rings. The first-order valence-corrected chi connectivity index (χ1v) is 13.1. The van der Waals surface area contributed by atoms with E-state index in [1.165, 1.54) is 6.42 Å². The molecular formula is C18H37N5O2S2. The Morgan fingerprint density at radius 2 is 1.89 bits per heavy atom. The molecule has 2 rings (SSSR count). The minimum absolute atomic E-state index is 0.100.